The summed E-state index contributed by atoms with van der Waals surface area (Å²) in [7, 11) is -4.96. The molecule has 4 aromatic rings. The summed E-state index contributed by atoms with van der Waals surface area (Å²) in [4.78, 5) is 49.3. The number of nitrogens with zero attached hydrogens (tertiary/aromatic N) is 3. The number of carbonyl (C=O) groups is 3. The fraction of sp³-hybridized carbons (Fsp3) is 0.452. The van der Waals surface area contributed by atoms with E-state index in [9.17, 15) is 29.2 Å². The van der Waals surface area contributed by atoms with Gasteiger partial charge in [0.15, 0.2) is 0 Å². The predicted molar refractivity (Wildman–Crippen MR) is 227 cm³/mol. The number of carbonyl (C=O) groups excluding carboxylic acids is 3. The van der Waals surface area contributed by atoms with Crippen LogP contribution in [0.1, 0.15) is 78.2 Å². The van der Waals surface area contributed by atoms with E-state index in [1.54, 1.807) is 60.2 Å². The van der Waals surface area contributed by atoms with Crippen molar-refractivity contribution in [3.05, 3.63) is 101 Å². The van der Waals surface area contributed by atoms with Crippen LogP contribution < -0.4 is 10.4 Å². The number of benzene rings is 2. The number of fused-ring (bicyclic) bond motifs is 2. The van der Waals surface area contributed by atoms with E-state index in [1.807, 2.05) is 18.3 Å². The molecule has 0 bridgehead atoms. The van der Waals surface area contributed by atoms with Gasteiger partial charge >= 0.3 is 13.2 Å². The van der Waals surface area contributed by atoms with E-state index in [0.29, 0.717) is 59.4 Å². The number of rotatable bonds is 15. The van der Waals surface area contributed by atoms with Crippen molar-refractivity contribution in [2.75, 3.05) is 32.1 Å². The summed E-state index contributed by atoms with van der Waals surface area (Å²) in [5.41, 5.74) is -3.79. The summed E-state index contributed by atoms with van der Waals surface area (Å²) in [5.74, 6) is -0.630. The van der Waals surface area contributed by atoms with Gasteiger partial charge < -0.3 is 29.9 Å². The van der Waals surface area contributed by atoms with Gasteiger partial charge in [0.05, 0.1) is 23.1 Å². The van der Waals surface area contributed by atoms with Gasteiger partial charge in [0.1, 0.15) is 12.1 Å². The number of hydrogen-bond acceptors (Lipinski definition) is 8. The third-order valence-corrected chi connectivity index (χ3v) is 16.0. The standard InChI is InChI=1S/C42H50F2N5O7PS2/c1-41(2,26-50)40(54)58-19-18-56-57(55,46-22-27-8-4-3-5-9-27)42(43,44)31-13-16-35-29(20-31)21-36(59-35)37(51)47-33-12-6-11-32-14-15-34(49(32)38(33)52)39(53)48-24-30(25-48)28-10-7-17-45-23-28/h3-5,7-10,13,16-17,20-21,23,30,32-34,50,54,58H,6,11-12,14-15,18-19,22,24-26H2,1-2H3,(H,46,55)(H,47,51)/t32-,33-,34-,57?/m0/s1. The molecule has 4 N–H and O–H groups in total. The van der Waals surface area contributed by atoms with Crippen molar-refractivity contribution in [3.63, 3.8) is 0 Å². The number of thiol groups is 1. The first kappa shape index (κ1) is 43.2. The van der Waals surface area contributed by atoms with Gasteiger partial charge in [-0.25, -0.2) is 5.09 Å². The predicted octanol–water partition coefficient (Wildman–Crippen LogP) is 6.78. The quantitative estimate of drug-likeness (QED) is 0.0376. The lowest BCUT2D eigenvalue weighted by molar-refractivity contribution is -0.148. The van der Waals surface area contributed by atoms with Crippen LogP contribution in [0.2, 0.25) is 0 Å². The molecule has 59 heavy (non-hydrogen) atoms. The summed E-state index contributed by atoms with van der Waals surface area (Å²) in [6, 6.07) is 16.3. The zero-order chi connectivity index (χ0) is 42.0. The van der Waals surface area contributed by atoms with Crippen LogP contribution in [0.5, 0.6) is 0 Å². The largest absolute Gasteiger partial charge is 0.395 e. The summed E-state index contributed by atoms with van der Waals surface area (Å²) < 4.78 is 53.2. The van der Waals surface area contributed by atoms with Gasteiger partial charge in [-0.05, 0) is 72.9 Å². The Bertz CT molecular complexity index is 2240. The average Bonchev–Trinajstić information content (AvgIpc) is 3.82. The molecule has 17 heteroatoms. The number of halogens is 2. The number of alkyl halides is 2. The second-order valence-corrected chi connectivity index (χ2v) is 20.5. The van der Waals surface area contributed by atoms with Crippen molar-refractivity contribution >= 4 is 63.1 Å². The molecule has 3 aliphatic heterocycles. The normalized spacial score (nSPS) is 21.6. The average molecular weight is 870 g/mol. The van der Waals surface area contributed by atoms with Crippen molar-refractivity contribution in [1.29, 1.82) is 0 Å². The van der Waals surface area contributed by atoms with Gasteiger partial charge in [-0.3, -0.25) is 23.9 Å². The van der Waals surface area contributed by atoms with E-state index in [-0.39, 0.29) is 59.2 Å². The summed E-state index contributed by atoms with van der Waals surface area (Å²) >= 11 is 1.43. The van der Waals surface area contributed by atoms with Gasteiger partial charge in [0.25, 0.3) is 5.91 Å². The molecule has 5 heterocycles. The number of thiophene rings is 1. The third kappa shape index (κ3) is 9.24. The van der Waals surface area contributed by atoms with Crippen LogP contribution in [0.4, 0.5) is 8.78 Å². The molecule has 0 aliphatic carbocycles. The van der Waals surface area contributed by atoms with Crippen molar-refractivity contribution in [1.82, 2.24) is 25.2 Å². The number of hydrogen-bond donors (Lipinski definition) is 5. The highest BCUT2D eigenvalue weighted by Gasteiger charge is 2.53. The molecule has 316 valence electrons. The van der Waals surface area contributed by atoms with Crippen LogP contribution in [-0.2, 0) is 30.9 Å². The molecule has 3 amide bonds. The zero-order valence-electron chi connectivity index (χ0n) is 32.9. The first-order valence-corrected chi connectivity index (χ1v) is 23.3. The fourth-order valence-corrected chi connectivity index (χ4v) is 11.5. The maximum Gasteiger partial charge on any atom is 0.360 e. The Kier molecular flexibility index (Phi) is 13.2. The molecule has 4 atom stereocenters. The summed E-state index contributed by atoms with van der Waals surface area (Å²) in [6.45, 7) is 3.56. The highest BCUT2D eigenvalue weighted by Crippen LogP contribution is 2.63. The van der Waals surface area contributed by atoms with Gasteiger partial charge in [0, 0.05) is 65.4 Å². The molecule has 3 aliphatic rings. The van der Waals surface area contributed by atoms with Crippen LogP contribution in [-0.4, -0.2) is 98.0 Å². The Labute approximate surface area is 349 Å². The van der Waals surface area contributed by atoms with E-state index in [0.717, 1.165) is 29.7 Å². The van der Waals surface area contributed by atoms with E-state index in [1.165, 1.54) is 24.3 Å². The Morgan fingerprint density at radius 1 is 1.05 bits per heavy atom. The lowest BCUT2D eigenvalue weighted by Crippen LogP contribution is -2.58. The van der Waals surface area contributed by atoms with Crippen molar-refractivity contribution in [2.45, 2.75) is 82.2 Å². The number of amides is 3. The van der Waals surface area contributed by atoms with E-state index in [2.05, 4.69) is 15.4 Å². The molecule has 2 aromatic heterocycles. The number of likely N-dealkylation sites (tertiary alicyclic amines) is 1. The molecule has 0 spiro atoms. The van der Waals surface area contributed by atoms with Crippen LogP contribution >= 0.6 is 30.2 Å². The van der Waals surface area contributed by atoms with Crippen molar-refractivity contribution in [2.24, 2.45) is 5.41 Å². The highest BCUT2D eigenvalue weighted by atomic mass is 32.1. The van der Waals surface area contributed by atoms with Gasteiger partial charge in [-0.1, -0.05) is 56.3 Å². The Morgan fingerprint density at radius 2 is 1.83 bits per heavy atom. The first-order valence-electron chi connectivity index (χ1n) is 19.8. The monoisotopic (exact) mass is 869 g/mol. The van der Waals surface area contributed by atoms with Crippen LogP contribution in [0.3, 0.4) is 0 Å². The molecular formula is C42H50F2N5O7PS2. The molecule has 0 saturated carbocycles. The maximum absolute atomic E-state index is 16.5. The van der Waals surface area contributed by atoms with Crippen molar-refractivity contribution < 1.29 is 42.5 Å². The Balaban J connectivity index is 1.04. The lowest BCUT2D eigenvalue weighted by atomic mass is 9.92. The van der Waals surface area contributed by atoms with Crippen LogP contribution in [0, 0.1) is 5.41 Å². The Hall–Kier alpha value is -3.89. The lowest BCUT2D eigenvalue weighted by Gasteiger charge is -2.42. The van der Waals surface area contributed by atoms with E-state index >= 15 is 8.78 Å². The molecule has 2 aromatic carbocycles. The molecule has 1 unspecified atom stereocenters. The number of aromatic nitrogens is 1. The number of pyridine rings is 1. The number of aliphatic hydroxyl groups is 2. The smallest absolute Gasteiger partial charge is 0.360 e. The molecule has 0 radical (unpaired) electrons. The Morgan fingerprint density at radius 3 is 2.56 bits per heavy atom. The van der Waals surface area contributed by atoms with E-state index < -0.39 is 42.2 Å². The van der Waals surface area contributed by atoms with Gasteiger partial charge in [-0.15, -0.1) is 11.3 Å². The highest BCUT2D eigenvalue weighted by molar-refractivity contribution is 7.98. The molecule has 7 rings (SSSR count). The molecule has 3 fully saturated rings. The van der Waals surface area contributed by atoms with Gasteiger partial charge in [0.2, 0.25) is 11.8 Å². The van der Waals surface area contributed by atoms with Gasteiger partial charge in [-0.2, -0.15) is 20.1 Å². The third-order valence-electron chi connectivity index (χ3n) is 11.4. The first-order chi connectivity index (χ1) is 28.2. The molecular weight excluding hydrogens is 820 g/mol. The fourth-order valence-electron chi connectivity index (χ4n) is 7.80. The minimum absolute atomic E-state index is 0.0500. The number of aliphatic hydroxyl groups excluding tert-OH is 2. The number of nitrogens with one attached hydrogen (secondary N) is 2. The minimum Gasteiger partial charge on any atom is -0.395 e. The SMILES string of the molecule is CC(C)(CO)C(O)=[SH]CCOP(=O)(NCc1ccccc1)C(F)(F)c1ccc2sc(C(=O)N[C@H]3CCC[C@H]4CC[C@@H](C(=O)N5CC(c6cccnc6)C5)N4C3=O)cc2c1. The minimum atomic E-state index is -4.96. The second kappa shape index (κ2) is 18.0. The van der Waals surface area contributed by atoms with Crippen molar-refractivity contribution in [3.8, 4) is 0 Å². The van der Waals surface area contributed by atoms with Crippen LogP contribution in [0.15, 0.2) is 79.1 Å². The molecule has 12 nitrogen and oxygen atoms in total. The topological polar surface area (TPSA) is 161 Å². The maximum atomic E-state index is 16.5. The van der Waals surface area contributed by atoms with Crippen LogP contribution in [0.25, 0.3) is 10.1 Å². The molecule has 3 saturated heterocycles. The summed E-state index contributed by atoms with van der Waals surface area (Å²) in [6.07, 6.45) is 6.65. The summed E-state index contributed by atoms with van der Waals surface area (Å²) in [5, 5.41) is 25.6. The van der Waals surface area contributed by atoms with E-state index in [4.69, 9.17) is 4.52 Å². The zero-order valence-corrected chi connectivity index (χ0v) is 35.5. The second-order valence-electron chi connectivity index (χ2n) is 16.0.